The molecule has 4 rings (SSSR count). The summed E-state index contributed by atoms with van der Waals surface area (Å²) in [6, 6.07) is 5.42. The van der Waals surface area contributed by atoms with Gasteiger partial charge >= 0.3 is 6.09 Å². The smallest absolute Gasteiger partial charge is 0.410 e. The lowest BCUT2D eigenvalue weighted by molar-refractivity contribution is -0.133. The van der Waals surface area contributed by atoms with Gasteiger partial charge in [0.25, 0.3) is 5.91 Å². The van der Waals surface area contributed by atoms with Crippen LogP contribution in [0.1, 0.15) is 60.3 Å². The number of piperidine rings is 1. The second kappa shape index (κ2) is 13.1. The van der Waals surface area contributed by atoms with Gasteiger partial charge in [-0.2, -0.15) is 0 Å². The number of benzene rings is 1. The van der Waals surface area contributed by atoms with E-state index in [1.807, 2.05) is 12.1 Å². The van der Waals surface area contributed by atoms with Crippen LogP contribution in [-0.4, -0.2) is 97.6 Å². The Kier molecular flexibility index (Phi) is 9.90. The summed E-state index contributed by atoms with van der Waals surface area (Å²) in [6.07, 6.45) is 1.96. The lowest BCUT2D eigenvalue weighted by atomic mass is 9.87. The van der Waals surface area contributed by atoms with Crippen LogP contribution in [0.4, 0.5) is 16.2 Å². The Morgan fingerprint density at radius 2 is 1.86 bits per heavy atom. The number of aliphatic hydroxyl groups is 1. The molecule has 2 aliphatic heterocycles. The number of nitrogens with zero attached hydrogens (tertiary/aromatic N) is 3. The Morgan fingerprint density at radius 3 is 2.49 bits per heavy atom. The molecule has 12 nitrogen and oxygen atoms in total. The van der Waals surface area contributed by atoms with E-state index < -0.39 is 29.1 Å². The van der Waals surface area contributed by atoms with Crippen molar-refractivity contribution in [3.8, 4) is 5.75 Å². The second-order valence-electron chi connectivity index (χ2n) is 13.0. The monoisotopic (exact) mass is 602 g/mol. The van der Waals surface area contributed by atoms with Crippen molar-refractivity contribution in [3.63, 3.8) is 0 Å². The van der Waals surface area contributed by atoms with Gasteiger partial charge in [-0.25, -0.2) is 4.79 Å². The normalized spacial score (nSPS) is 21.5. The molecule has 0 radical (unpaired) electrons. The highest BCUT2D eigenvalue weighted by Gasteiger charge is 2.45. The minimum absolute atomic E-state index is 0.0253. The van der Waals surface area contributed by atoms with Gasteiger partial charge in [-0.3, -0.25) is 14.4 Å². The summed E-state index contributed by atoms with van der Waals surface area (Å²) < 4.78 is 16.9. The van der Waals surface area contributed by atoms with Crippen molar-refractivity contribution < 1.29 is 38.5 Å². The Balaban J connectivity index is 1.64. The van der Waals surface area contributed by atoms with E-state index in [2.05, 4.69) is 5.32 Å². The molecule has 2 atom stereocenters. The lowest BCUT2D eigenvalue weighted by Gasteiger charge is -2.40. The number of hydrogen-bond donors (Lipinski definition) is 2. The number of fused-ring (bicyclic) bond motifs is 1. The van der Waals surface area contributed by atoms with Crippen molar-refractivity contribution in [1.82, 2.24) is 10.2 Å². The fraction of sp³-hybridized carbons (Fsp3) is 0.677. The van der Waals surface area contributed by atoms with Crippen molar-refractivity contribution in [1.29, 1.82) is 0 Å². The van der Waals surface area contributed by atoms with E-state index in [4.69, 9.17) is 14.2 Å². The SMILES string of the molecule is COCCCN1C(=O)C(C)(C)Oc2ccc(N(C(=O)[C@@H]3C[C@H](C(=O)NCCO)CN(C(=O)OC(C)(C)C)C3)C3CC3)cc21. The summed E-state index contributed by atoms with van der Waals surface area (Å²) in [6.45, 7) is 9.81. The zero-order valence-corrected chi connectivity index (χ0v) is 26.2. The molecule has 12 heteroatoms. The molecule has 1 saturated carbocycles. The number of rotatable bonds is 10. The van der Waals surface area contributed by atoms with Crippen molar-refractivity contribution >= 4 is 35.2 Å². The molecule has 0 bridgehead atoms. The van der Waals surface area contributed by atoms with Crippen LogP contribution in [0.2, 0.25) is 0 Å². The van der Waals surface area contributed by atoms with E-state index in [0.29, 0.717) is 36.7 Å². The van der Waals surface area contributed by atoms with Crippen molar-refractivity contribution in [2.45, 2.75) is 77.5 Å². The van der Waals surface area contributed by atoms with Crippen LogP contribution in [0.15, 0.2) is 18.2 Å². The maximum atomic E-state index is 14.3. The average molecular weight is 603 g/mol. The van der Waals surface area contributed by atoms with Crippen LogP contribution in [0.25, 0.3) is 0 Å². The highest BCUT2D eigenvalue weighted by molar-refractivity contribution is 6.04. The van der Waals surface area contributed by atoms with Gasteiger partial charge in [0.2, 0.25) is 11.8 Å². The molecule has 2 fully saturated rings. The highest BCUT2D eigenvalue weighted by Crippen LogP contribution is 2.43. The van der Waals surface area contributed by atoms with E-state index in [1.54, 1.807) is 57.6 Å². The van der Waals surface area contributed by atoms with E-state index >= 15 is 0 Å². The van der Waals surface area contributed by atoms with Gasteiger partial charge in [0, 0.05) is 51.6 Å². The Morgan fingerprint density at radius 1 is 1.16 bits per heavy atom. The molecule has 4 amide bonds. The predicted molar refractivity (Wildman–Crippen MR) is 160 cm³/mol. The summed E-state index contributed by atoms with van der Waals surface area (Å²) in [5.41, 5.74) is -0.548. The highest BCUT2D eigenvalue weighted by atomic mass is 16.6. The zero-order chi connectivity index (χ0) is 31.5. The number of amides is 4. The Bertz CT molecular complexity index is 1210. The number of anilines is 2. The molecule has 2 heterocycles. The minimum atomic E-state index is -1.04. The molecule has 0 spiro atoms. The summed E-state index contributed by atoms with van der Waals surface area (Å²) in [5, 5.41) is 11.9. The average Bonchev–Trinajstić information content (AvgIpc) is 3.78. The number of aliphatic hydroxyl groups excluding tert-OH is 1. The first-order valence-corrected chi connectivity index (χ1v) is 15.1. The number of ether oxygens (including phenoxy) is 3. The van der Waals surface area contributed by atoms with Crippen LogP contribution in [0, 0.1) is 11.8 Å². The molecule has 1 aliphatic carbocycles. The van der Waals surface area contributed by atoms with Gasteiger partial charge in [0.15, 0.2) is 5.60 Å². The van der Waals surface area contributed by atoms with Crippen molar-refractivity contribution in [3.05, 3.63) is 18.2 Å². The fourth-order valence-electron chi connectivity index (χ4n) is 5.61. The van der Waals surface area contributed by atoms with Gasteiger partial charge in [-0.15, -0.1) is 0 Å². The first kappa shape index (κ1) is 32.5. The first-order chi connectivity index (χ1) is 20.3. The van der Waals surface area contributed by atoms with Gasteiger partial charge < -0.3 is 39.3 Å². The number of carbonyl (C=O) groups is 4. The molecule has 2 N–H and O–H groups in total. The molecular formula is C31H46N4O8. The molecule has 1 aromatic rings. The van der Waals surface area contributed by atoms with Crippen LogP contribution < -0.4 is 19.9 Å². The molecule has 3 aliphatic rings. The predicted octanol–water partition coefficient (Wildman–Crippen LogP) is 2.70. The van der Waals surface area contributed by atoms with E-state index in [0.717, 1.165) is 12.8 Å². The second-order valence-corrected chi connectivity index (χ2v) is 13.0. The Labute approximate surface area is 253 Å². The van der Waals surface area contributed by atoms with Crippen molar-refractivity contribution in [2.24, 2.45) is 11.8 Å². The number of methoxy groups -OCH3 is 1. The summed E-state index contributed by atoms with van der Waals surface area (Å²) >= 11 is 0. The van der Waals surface area contributed by atoms with E-state index in [1.165, 1.54) is 4.90 Å². The van der Waals surface area contributed by atoms with E-state index in [9.17, 15) is 24.3 Å². The largest absolute Gasteiger partial charge is 0.476 e. The van der Waals surface area contributed by atoms with Crippen LogP contribution in [-0.2, 0) is 23.9 Å². The number of carbonyl (C=O) groups excluding carboxylic acids is 4. The molecule has 0 aromatic heterocycles. The summed E-state index contributed by atoms with van der Waals surface area (Å²) in [5.74, 6) is -1.42. The van der Waals surface area contributed by atoms with Crippen LogP contribution in [0.3, 0.4) is 0 Å². The molecular weight excluding hydrogens is 556 g/mol. The number of likely N-dealkylation sites (tertiary alicyclic amines) is 1. The Hall–Kier alpha value is -3.38. The van der Waals surface area contributed by atoms with Gasteiger partial charge in [0.1, 0.15) is 11.4 Å². The quantitative estimate of drug-likeness (QED) is 0.390. The third-order valence-electron chi connectivity index (χ3n) is 7.75. The molecule has 238 valence electrons. The van der Waals surface area contributed by atoms with Gasteiger partial charge in [-0.05, 0) is 78.5 Å². The maximum Gasteiger partial charge on any atom is 0.410 e. The summed E-state index contributed by atoms with van der Waals surface area (Å²) in [7, 11) is 1.62. The minimum Gasteiger partial charge on any atom is -0.476 e. The lowest BCUT2D eigenvalue weighted by Crippen LogP contribution is -2.54. The topological polar surface area (TPSA) is 138 Å². The summed E-state index contributed by atoms with van der Waals surface area (Å²) in [4.78, 5) is 58.6. The van der Waals surface area contributed by atoms with Crippen LogP contribution >= 0.6 is 0 Å². The third-order valence-corrected chi connectivity index (χ3v) is 7.75. The fourth-order valence-corrected chi connectivity index (χ4v) is 5.61. The van der Waals surface area contributed by atoms with E-state index in [-0.39, 0.29) is 56.4 Å². The molecule has 1 saturated heterocycles. The third kappa shape index (κ3) is 7.77. The number of hydrogen-bond acceptors (Lipinski definition) is 8. The molecule has 43 heavy (non-hydrogen) atoms. The van der Waals surface area contributed by atoms with Crippen molar-refractivity contribution in [2.75, 3.05) is 56.3 Å². The standard InChI is InChI=1S/C31H46N4O8/c1-30(2,3)43-29(40)33-18-20(26(37)32-12-14-36)16-21(19-33)27(38)35(22-8-9-22)23-10-11-25-24(17-23)34(13-7-15-41-6)28(39)31(4,5)42-25/h10-11,17,20-22,36H,7-9,12-16,18-19H2,1-6H3,(H,32,37)/t20-,21+/m0/s1. The number of nitrogens with one attached hydrogen (secondary N) is 1. The van der Waals surface area contributed by atoms with Crippen LogP contribution in [0.5, 0.6) is 5.75 Å². The molecule has 1 aromatic carbocycles. The maximum absolute atomic E-state index is 14.3. The van der Waals surface area contributed by atoms with Gasteiger partial charge in [0.05, 0.1) is 24.1 Å². The van der Waals surface area contributed by atoms with Gasteiger partial charge in [-0.1, -0.05) is 0 Å². The first-order valence-electron chi connectivity index (χ1n) is 15.1. The zero-order valence-electron chi connectivity index (χ0n) is 26.2. The molecule has 0 unspecified atom stereocenters.